The number of halogens is 2. The van der Waals surface area contributed by atoms with Crippen molar-refractivity contribution in [1.82, 2.24) is 9.88 Å². The summed E-state index contributed by atoms with van der Waals surface area (Å²) in [6.07, 6.45) is 1.46. The highest BCUT2D eigenvalue weighted by atomic mass is 19.1. The zero-order valence-electron chi connectivity index (χ0n) is 14.9. The van der Waals surface area contributed by atoms with Crippen molar-refractivity contribution in [2.24, 2.45) is 0 Å². The Bertz CT molecular complexity index is 873. The average Bonchev–Trinajstić information content (AvgIpc) is 2.53. The summed E-state index contributed by atoms with van der Waals surface area (Å²) in [6.45, 7) is 7.58. The van der Waals surface area contributed by atoms with Gasteiger partial charge < -0.3 is 4.90 Å². The zero-order chi connectivity index (χ0) is 18.8. The summed E-state index contributed by atoms with van der Waals surface area (Å²) in [5, 5.41) is 0. The number of nitrogens with zero attached hydrogens (tertiary/aromatic N) is 2. The number of hydrogen-bond donors (Lipinski definition) is 0. The minimum atomic E-state index is -0.586. The van der Waals surface area contributed by atoms with Gasteiger partial charge in [0.25, 0.3) is 5.91 Å². The van der Waals surface area contributed by atoms with E-state index in [4.69, 9.17) is 0 Å². The second kappa shape index (κ2) is 7.02. The molecule has 1 amide bonds. The Morgan fingerprint density at radius 3 is 2.44 bits per heavy atom. The molecule has 2 aromatic rings. The van der Waals surface area contributed by atoms with E-state index < -0.39 is 11.6 Å². The van der Waals surface area contributed by atoms with E-state index >= 15 is 0 Å². The quantitative estimate of drug-likeness (QED) is 0.736. The largest absolute Gasteiger partial charge is 0.336 e. The Morgan fingerprint density at radius 2 is 1.84 bits per heavy atom. The summed E-state index contributed by atoms with van der Waals surface area (Å²) in [5.41, 5.74) is 1.20. The number of rotatable bonds is 1. The van der Waals surface area contributed by atoms with Gasteiger partial charge in [-0.25, -0.2) is 13.8 Å². The molecule has 0 fully saturated rings. The highest BCUT2D eigenvalue weighted by Crippen LogP contribution is 2.16. The maximum atomic E-state index is 13.6. The van der Waals surface area contributed by atoms with Crippen LogP contribution in [0.3, 0.4) is 0 Å². The molecule has 0 aliphatic heterocycles. The number of pyridine rings is 1. The van der Waals surface area contributed by atoms with E-state index in [0.29, 0.717) is 16.8 Å². The maximum absolute atomic E-state index is 13.6. The van der Waals surface area contributed by atoms with Crippen LogP contribution in [0.2, 0.25) is 0 Å². The lowest BCUT2D eigenvalue weighted by Crippen LogP contribution is -2.43. The van der Waals surface area contributed by atoms with Crippen LogP contribution in [0, 0.1) is 30.4 Å². The summed E-state index contributed by atoms with van der Waals surface area (Å²) in [4.78, 5) is 18.3. The van der Waals surface area contributed by atoms with Crippen LogP contribution in [0.5, 0.6) is 0 Å². The van der Waals surface area contributed by atoms with Gasteiger partial charge in [0.1, 0.15) is 17.3 Å². The fraction of sp³-hybridized carbons (Fsp3) is 0.300. The number of aryl methyl sites for hydroxylation is 1. The third-order valence-electron chi connectivity index (χ3n) is 3.86. The number of hydrogen-bond acceptors (Lipinski definition) is 2. The van der Waals surface area contributed by atoms with Crippen LogP contribution in [0.4, 0.5) is 8.78 Å². The predicted molar refractivity (Wildman–Crippen MR) is 93.2 cm³/mol. The van der Waals surface area contributed by atoms with Crippen molar-refractivity contribution in [3.05, 3.63) is 64.5 Å². The summed E-state index contributed by atoms with van der Waals surface area (Å²) in [5.74, 6) is 4.03. The first-order valence-corrected chi connectivity index (χ1v) is 7.81. The van der Waals surface area contributed by atoms with Gasteiger partial charge in [-0.15, -0.1) is 0 Å². The zero-order valence-corrected chi connectivity index (χ0v) is 14.9. The third kappa shape index (κ3) is 4.42. The summed E-state index contributed by atoms with van der Waals surface area (Å²) in [6, 6.07) is 4.82. The van der Waals surface area contributed by atoms with E-state index in [2.05, 4.69) is 16.8 Å². The first-order chi connectivity index (χ1) is 11.6. The van der Waals surface area contributed by atoms with Crippen LogP contribution in [-0.4, -0.2) is 28.4 Å². The Balaban J connectivity index is 2.31. The molecule has 0 radical (unpaired) electrons. The average molecular weight is 342 g/mol. The summed E-state index contributed by atoms with van der Waals surface area (Å²) < 4.78 is 26.7. The molecule has 1 aromatic carbocycles. The van der Waals surface area contributed by atoms with Crippen LogP contribution in [0.15, 0.2) is 30.5 Å². The van der Waals surface area contributed by atoms with Crippen molar-refractivity contribution in [1.29, 1.82) is 0 Å². The van der Waals surface area contributed by atoms with Crippen LogP contribution >= 0.6 is 0 Å². The molecule has 0 saturated carbocycles. The number of aromatic nitrogens is 1. The highest BCUT2D eigenvalue weighted by Gasteiger charge is 2.25. The Labute approximate surface area is 146 Å². The molecule has 25 heavy (non-hydrogen) atoms. The fourth-order valence-corrected chi connectivity index (χ4v) is 2.06. The van der Waals surface area contributed by atoms with Crippen molar-refractivity contribution in [3.8, 4) is 11.8 Å². The highest BCUT2D eigenvalue weighted by molar-refractivity contribution is 5.94. The maximum Gasteiger partial charge on any atom is 0.272 e. The fourth-order valence-electron chi connectivity index (χ4n) is 2.06. The van der Waals surface area contributed by atoms with E-state index in [9.17, 15) is 13.6 Å². The standard InChI is InChI=1S/C20H20F2N2O/c1-13-10-14(6-7-15-11-16(21)8-9-17(15)22)12-23-18(13)19(25)24(5)20(2,3)4/h8-12H,1-5H3. The minimum Gasteiger partial charge on any atom is -0.336 e. The van der Waals surface area contributed by atoms with Crippen LogP contribution in [0.1, 0.15) is 48.0 Å². The topological polar surface area (TPSA) is 33.2 Å². The Morgan fingerprint density at radius 1 is 1.16 bits per heavy atom. The van der Waals surface area contributed by atoms with Gasteiger partial charge in [-0.3, -0.25) is 4.79 Å². The van der Waals surface area contributed by atoms with Crippen molar-refractivity contribution >= 4 is 5.91 Å². The van der Waals surface area contributed by atoms with E-state index in [1.54, 1.807) is 24.9 Å². The molecule has 0 unspecified atom stereocenters. The van der Waals surface area contributed by atoms with Crippen molar-refractivity contribution in [3.63, 3.8) is 0 Å². The molecule has 5 heteroatoms. The molecular weight excluding hydrogens is 322 g/mol. The first kappa shape index (κ1) is 18.6. The monoisotopic (exact) mass is 342 g/mol. The molecule has 2 rings (SSSR count). The molecule has 0 N–H and O–H groups in total. The van der Waals surface area contributed by atoms with Gasteiger partial charge in [0.05, 0.1) is 5.56 Å². The van der Waals surface area contributed by atoms with Gasteiger partial charge in [0, 0.05) is 24.3 Å². The van der Waals surface area contributed by atoms with E-state index in [-0.39, 0.29) is 17.0 Å². The second-order valence-electron chi connectivity index (χ2n) is 6.80. The first-order valence-electron chi connectivity index (χ1n) is 7.81. The lowest BCUT2D eigenvalue weighted by atomic mass is 10.0. The smallest absolute Gasteiger partial charge is 0.272 e. The molecule has 1 heterocycles. The normalized spacial score (nSPS) is 10.8. The van der Waals surface area contributed by atoms with Crippen LogP contribution in [-0.2, 0) is 0 Å². The van der Waals surface area contributed by atoms with E-state index in [1.807, 2.05) is 20.8 Å². The van der Waals surface area contributed by atoms with Gasteiger partial charge in [0.15, 0.2) is 0 Å². The van der Waals surface area contributed by atoms with Gasteiger partial charge in [-0.1, -0.05) is 11.8 Å². The summed E-state index contributed by atoms with van der Waals surface area (Å²) >= 11 is 0. The second-order valence-corrected chi connectivity index (χ2v) is 6.80. The molecule has 1 aromatic heterocycles. The molecule has 3 nitrogen and oxygen atoms in total. The van der Waals surface area contributed by atoms with Crippen molar-refractivity contribution < 1.29 is 13.6 Å². The molecule has 0 aliphatic carbocycles. The van der Waals surface area contributed by atoms with Gasteiger partial charge >= 0.3 is 0 Å². The molecule has 130 valence electrons. The Hall–Kier alpha value is -2.74. The molecule has 0 aliphatic rings. The van der Waals surface area contributed by atoms with Gasteiger partial charge in [-0.2, -0.15) is 0 Å². The summed E-state index contributed by atoms with van der Waals surface area (Å²) in [7, 11) is 1.73. The number of amides is 1. The molecule has 0 atom stereocenters. The van der Waals surface area contributed by atoms with Crippen LogP contribution in [0.25, 0.3) is 0 Å². The van der Waals surface area contributed by atoms with Crippen LogP contribution < -0.4 is 0 Å². The van der Waals surface area contributed by atoms with Crippen molar-refractivity contribution in [2.75, 3.05) is 7.05 Å². The molecule has 0 bridgehead atoms. The number of carbonyl (C=O) groups is 1. The Kier molecular flexibility index (Phi) is 5.22. The number of carbonyl (C=O) groups excluding carboxylic acids is 1. The van der Waals surface area contributed by atoms with Crippen molar-refractivity contribution in [2.45, 2.75) is 33.2 Å². The lowest BCUT2D eigenvalue weighted by molar-refractivity contribution is 0.0649. The molecular formula is C20H20F2N2O. The number of benzene rings is 1. The molecule has 0 saturated heterocycles. The van der Waals surface area contributed by atoms with E-state index in [1.165, 1.54) is 6.20 Å². The minimum absolute atomic E-state index is 0.0229. The predicted octanol–water partition coefficient (Wildman–Crippen LogP) is 3.94. The SMILES string of the molecule is Cc1cc(C#Cc2cc(F)ccc2F)cnc1C(=O)N(C)C(C)(C)C. The lowest BCUT2D eigenvalue weighted by Gasteiger charge is -2.32. The third-order valence-corrected chi connectivity index (χ3v) is 3.86. The van der Waals surface area contributed by atoms with Gasteiger partial charge in [0.2, 0.25) is 0 Å². The van der Waals surface area contributed by atoms with Gasteiger partial charge in [-0.05, 0) is 57.5 Å². The molecule has 0 spiro atoms. The van der Waals surface area contributed by atoms with E-state index in [0.717, 1.165) is 18.2 Å².